The van der Waals surface area contributed by atoms with Crippen LogP contribution in [0.25, 0.3) is 0 Å². The molecule has 0 aliphatic carbocycles. The van der Waals surface area contributed by atoms with Crippen LogP contribution in [-0.2, 0) is 0 Å². The third-order valence-corrected chi connectivity index (χ3v) is 1.98. The Balaban J connectivity index is 2.74. The van der Waals surface area contributed by atoms with E-state index in [-0.39, 0.29) is 6.04 Å². The SMILES string of the molecule is COc1ccc([C@@H](N)C(C)C)[nH]1. The van der Waals surface area contributed by atoms with E-state index in [1.54, 1.807) is 7.11 Å². The lowest BCUT2D eigenvalue weighted by atomic mass is 10.0. The first-order valence-electron chi connectivity index (χ1n) is 4.13. The lowest BCUT2D eigenvalue weighted by molar-refractivity contribution is 0.396. The Morgan fingerprint density at radius 3 is 2.50 bits per heavy atom. The zero-order chi connectivity index (χ0) is 9.14. The Kier molecular flexibility index (Phi) is 2.76. The molecule has 12 heavy (non-hydrogen) atoms. The quantitative estimate of drug-likeness (QED) is 0.721. The summed E-state index contributed by atoms with van der Waals surface area (Å²) in [5, 5.41) is 0. The van der Waals surface area contributed by atoms with Crippen molar-refractivity contribution in [3.63, 3.8) is 0 Å². The molecule has 0 unspecified atom stereocenters. The highest BCUT2D eigenvalue weighted by Crippen LogP contribution is 2.20. The van der Waals surface area contributed by atoms with Crippen molar-refractivity contribution in [1.82, 2.24) is 4.98 Å². The molecule has 0 aromatic carbocycles. The largest absolute Gasteiger partial charge is 0.482 e. The van der Waals surface area contributed by atoms with Crippen LogP contribution < -0.4 is 10.5 Å². The number of nitrogens with two attached hydrogens (primary N) is 1. The Morgan fingerprint density at radius 1 is 1.42 bits per heavy atom. The van der Waals surface area contributed by atoms with Crippen LogP contribution in [0, 0.1) is 5.92 Å². The topological polar surface area (TPSA) is 51.0 Å². The molecule has 68 valence electrons. The van der Waals surface area contributed by atoms with E-state index in [1.165, 1.54) is 0 Å². The highest BCUT2D eigenvalue weighted by atomic mass is 16.5. The van der Waals surface area contributed by atoms with Crippen molar-refractivity contribution < 1.29 is 4.74 Å². The van der Waals surface area contributed by atoms with Crippen molar-refractivity contribution in [2.24, 2.45) is 11.7 Å². The number of aromatic nitrogens is 1. The monoisotopic (exact) mass is 168 g/mol. The first-order chi connectivity index (χ1) is 5.65. The summed E-state index contributed by atoms with van der Waals surface area (Å²) in [6.07, 6.45) is 0. The van der Waals surface area contributed by atoms with Crippen LogP contribution in [0.15, 0.2) is 12.1 Å². The Bertz CT molecular complexity index is 242. The van der Waals surface area contributed by atoms with Gasteiger partial charge in [0.2, 0.25) is 0 Å². The highest BCUT2D eigenvalue weighted by molar-refractivity contribution is 5.20. The molecule has 0 fully saturated rings. The molecule has 0 amide bonds. The second kappa shape index (κ2) is 3.63. The van der Waals surface area contributed by atoms with Crippen molar-refractivity contribution in [1.29, 1.82) is 0 Å². The molecule has 0 spiro atoms. The molecule has 1 rings (SSSR count). The van der Waals surface area contributed by atoms with Crippen LogP contribution in [0.2, 0.25) is 0 Å². The molecular formula is C9H16N2O. The van der Waals surface area contributed by atoms with E-state index in [0.29, 0.717) is 5.92 Å². The summed E-state index contributed by atoms with van der Waals surface area (Å²) in [6.45, 7) is 4.19. The predicted molar refractivity (Wildman–Crippen MR) is 49.1 cm³/mol. The lowest BCUT2D eigenvalue weighted by Crippen LogP contribution is -2.16. The van der Waals surface area contributed by atoms with Crippen molar-refractivity contribution in [3.8, 4) is 5.88 Å². The number of aromatic amines is 1. The summed E-state index contributed by atoms with van der Waals surface area (Å²) in [6, 6.07) is 3.91. The van der Waals surface area contributed by atoms with Gasteiger partial charge in [-0.05, 0) is 18.1 Å². The molecule has 0 aliphatic rings. The van der Waals surface area contributed by atoms with Crippen LogP contribution in [0.5, 0.6) is 5.88 Å². The Labute approximate surface area is 72.9 Å². The van der Waals surface area contributed by atoms with Crippen LogP contribution in [0.1, 0.15) is 25.6 Å². The maximum Gasteiger partial charge on any atom is 0.190 e. The predicted octanol–water partition coefficient (Wildman–Crippen LogP) is 1.68. The highest BCUT2D eigenvalue weighted by Gasteiger charge is 2.11. The van der Waals surface area contributed by atoms with Gasteiger partial charge in [-0.25, -0.2) is 0 Å². The second-order valence-electron chi connectivity index (χ2n) is 3.25. The minimum atomic E-state index is 0.0638. The van der Waals surface area contributed by atoms with Gasteiger partial charge in [0.25, 0.3) is 0 Å². The molecular weight excluding hydrogens is 152 g/mol. The number of hydrogen-bond donors (Lipinski definition) is 2. The maximum absolute atomic E-state index is 5.92. The molecule has 0 saturated carbocycles. The summed E-state index contributed by atoms with van der Waals surface area (Å²) >= 11 is 0. The number of ether oxygens (including phenoxy) is 1. The molecule has 3 nitrogen and oxygen atoms in total. The minimum Gasteiger partial charge on any atom is -0.482 e. The van der Waals surface area contributed by atoms with Crippen molar-refractivity contribution in [2.75, 3.05) is 7.11 Å². The molecule has 1 aromatic rings. The fraction of sp³-hybridized carbons (Fsp3) is 0.556. The number of methoxy groups -OCH3 is 1. The van der Waals surface area contributed by atoms with Gasteiger partial charge in [0.1, 0.15) is 0 Å². The van der Waals surface area contributed by atoms with Crippen molar-refractivity contribution in [2.45, 2.75) is 19.9 Å². The van der Waals surface area contributed by atoms with Crippen LogP contribution in [0.3, 0.4) is 0 Å². The molecule has 1 heterocycles. The van der Waals surface area contributed by atoms with E-state index < -0.39 is 0 Å². The van der Waals surface area contributed by atoms with Gasteiger partial charge in [0.15, 0.2) is 5.88 Å². The van der Waals surface area contributed by atoms with Gasteiger partial charge in [-0.2, -0.15) is 0 Å². The summed E-state index contributed by atoms with van der Waals surface area (Å²) in [5.74, 6) is 1.20. The van der Waals surface area contributed by atoms with Gasteiger partial charge >= 0.3 is 0 Å². The van der Waals surface area contributed by atoms with Gasteiger partial charge in [0.05, 0.1) is 7.11 Å². The molecule has 3 N–H and O–H groups in total. The zero-order valence-corrected chi connectivity index (χ0v) is 7.79. The molecule has 1 atom stereocenters. The molecule has 3 heteroatoms. The first kappa shape index (κ1) is 9.13. The van der Waals surface area contributed by atoms with Gasteiger partial charge in [-0.1, -0.05) is 13.8 Å². The fourth-order valence-corrected chi connectivity index (χ4v) is 1.06. The average Bonchev–Trinajstić information content (AvgIpc) is 2.50. The first-order valence-corrected chi connectivity index (χ1v) is 4.13. The third-order valence-electron chi connectivity index (χ3n) is 1.98. The summed E-state index contributed by atoms with van der Waals surface area (Å²) in [7, 11) is 1.64. The Hall–Kier alpha value is -0.960. The second-order valence-corrected chi connectivity index (χ2v) is 3.25. The summed E-state index contributed by atoms with van der Waals surface area (Å²) in [5.41, 5.74) is 6.95. The maximum atomic E-state index is 5.92. The lowest BCUT2D eigenvalue weighted by Gasteiger charge is -2.13. The average molecular weight is 168 g/mol. The fourth-order valence-electron chi connectivity index (χ4n) is 1.06. The van der Waals surface area contributed by atoms with Crippen molar-refractivity contribution >= 4 is 0 Å². The van der Waals surface area contributed by atoms with E-state index in [0.717, 1.165) is 11.6 Å². The summed E-state index contributed by atoms with van der Waals surface area (Å²) in [4.78, 5) is 3.10. The van der Waals surface area contributed by atoms with Crippen molar-refractivity contribution in [3.05, 3.63) is 17.8 Å². The van der Waals surface area contributed by atoms with E-state index in [9.17, 15) is 0 Å². The van der Waals surface area contributed by atoms with Crippen LogP contribution in [-0.4, -0.2) is 12.1 Å². The van der Waals surface area contributed by atoms with E-state index in [2.05, 4.69) is 18.8 Å². The molecule has 0 bridgehead atoms. The van der Waals surface area contributed by atoms with Crippen LogP contribution in [0.4, 0.5) is 0 Å². The smallest absolute Gasteiger partial charge is 0.190 e. The van der Waals surface area contributed by atoms with Gasteiger partial charge in [-0.15, -0.1) is 0 Å². The van der Waals surface area contributed by atoms with E-state index >= 15 is 0 Å². The molecule has 0 saturated heterocycles. The van der Waals surface area contributed by atoms with Crippen LogP contribution >= 0.6 is 0 Å². The Morgan fingerprint density at radius 2 is 2.08 bits per heavy atom. The molecule has 0 radical (unpaired) electrons. The number of rotatable bonds is 3. The molecule has 1 aromatic heterocycles. The van der Waals surface area contributed by atoms with E-state index in [1.807, 2.05) is 12.1 Å². The minimum absolute atomic E-state index is 0.0638. The van der Waals surface area contributed by atoms with Gasteiger partial charge in [0, 0.05) is 11.7 Å². The standard InChI is InChI=1S/C9H16N2O/c1-6(2)9(10)7-4-5-8(11-7)12-3/h4-6,9,11H,10H2,1-3H3/t9-/m0/s1. The normalized spacial score (nSPS) is 13.4. The zero-order valence-electron chi connectivity index (χ0n) is 7.79. The van der Waals surface area contributed by atoms with E-state index in [4.69, 9.17) is 10.5 Å². The summed E-state index contributed by atoms with van der Waals surface area (Å²) < 4.78 is 5.01. The third kappa shape index (κ3) is 1.80. The number of H-pyrrole nitrogens is 1. The van der Waals surface area contributed by atoms with Gasteiger partial charge < -0.3 is 15.5 Å². The number of nitrogens with one attached hydrogen (secondary N) is 1. The number of hydrogen-bond acceptors (Lipinski definition) is 2. The van der Waals surface area contributed by atoms with Gasteiger partial charge in [-0.3, -0.25) is 0 Å². The molecule has 0 aliphatic heterocycles.